The highest BCUT2D eigenvalue weighted by Crippen LogP contribution is 2.39. The van der Waals surface area contributed by atoms with Gasteiger partial charge in [-0.2, -0.15) is 18.7 Å². The lowest BCUT2D eigenvalue weighted by molar-refractivity contribution is 0.476. The van der Waals surface area contributed by atoms with E-state index in [-0.39, 0.29) is 28.6 Å². The molecule has 0 amide bonds. The molecule has 0 aliphatic rings. The summed E-state index contributed by atoms with van der Waals surface area (Å²) in [5.41, 5.74) is 7.63. The van der Waals surface area contributed by atoms with E-state index in [1.165, 1.54) is 12.1 Å². The number of aromatic hydroxyl groups is 1. The Balaban J connectivity index is 1.60. The number of benzene rings is 3. The Morgan fingerprint density at radius 1 is 0.750 bits per heavy atom. The molecule has 182 valence electrons. The Bertz CT molecular complexity index is 1500. The molecule has 3 aromatic carbocycles. The lowest BCUT2D eigenvalue weighted by atomic mass is 10.2. The lowest BCUT2D eigenvalue weighted by Crippen LogP contribution is -1.99. The number of nitrogens with one attached hydrogen (secondary N) is 1. The number of azo groups is 2. The van der Waals surface area contributed by atoms with Crippen LogP contribution in [0.2, 0.25) is 0 Å². The van der Waals surface area contributed by atoms with Crippen LogP contribution in [0, 0.1) is 12.0 Å². The molecule has 36 heavy (non-hydrogen) atoms. The topological polar surface area (TPSA) is 134 Å². The number of nitrogens with zero attached hydrogens (tertiary/aromatic N) is 6. The van der Waals surface area contributed by atoms with Gasteiger partial charge in [-0.1, -0.05) is 0 Å². The number of halogens is 2. The van der Waals surface area contributed by atoms with Gasteiger partial charge < -0.3 is 16.2 Å². The van der Waals surface area contributed by atoms with Crippen molar-refractivity contribution in [3.63, 3.8) is 0 Å². The minimum absolute atomic E-state index is 0.0830. The number of phenolic OH excluding ortho intramolecular Hbond substituents is 1. The minimum atomic E-state index is -1.21. The van der Waals surface area contributed by atoms with Gasteiger partial charge in [0, 0.05) is 32.5 Å². The first-order valence-corrected chi connectivity index (χ1v) is 11.3. The minimum Gasteiger partial charge on any atom is -0.506 e. The summed E-state index contributed by atoms with van der Waals surface area (Å²) >= 11 is 13.0. The highest BCUT2D eigenvalue weighted by molar-refractivity contribution is 7.81. The number of phenols is 1. The van der Waals surface area contributed by atoms with E-state index in [1.807, 2.05) is 0 Å². The maximum Gasteiger partial charge on any atom is 0.313 e. The summed E-state index contributed by atoms with van der Waals surface area (Å²) in [6, 6.07) is 13.5. The molecule has 4 rings (SSSR count). The molecule has 0 saturated heterocycles. The number of rotatable bonds is 6. The molecule has 0 spiro atoms. The van der Waals surface area contributed by atoms with E-state index in [1.54, 1.807) is 36.4 Å². The smallest absolute Gasteiger partial charge is 0.313 e. The zero-order valence-corrected chi connectivity index (χ0v) is 20.7. The highest BCUT2D eigenvalue weighted by Gasteiger charge is 2.09. The summed E-state index contributed by atoms with van der Waals surface area (Å²) < 4.78 is 26.6. The maximum atomic E-state index is 13.3. The van der Waals surface area contributed by atoms with Crippen LogP contribution >= 0.6 is 37.9 Å². The number of aromatic nitrogens is 2. The largest absolute Gasteiger partial charge is 0.506 e. The average molecular weight is 543 g/mol. The van der Waals surface area contributed by atoms with Crippen LogP contribution < -0.4 is 11.1 Å². The summed E-state index contributed by atoms with van der Waals surface area (Å²) in [5.74, 6) is -1.31. The van der Waals surface area contributed by atoms with Crippen LogP contribution in [0.3, 0.4) is 0 Å². The van der Waals surface area contributed by atoms with Gasteiger partial charge in [-0.25, -0.2) is 0 Å². The van der Waals surface area contributed by atoms with E-state index >= 15 is 0 Å². The molecule has 0 aliphatic carbocycles. The van der Waals surface area contributed by atoms with Gasteiger partial charge >= 0.3 is 6.08 Å². The number of nitrogen functional groups attached to an aromatic ring is 1. The van der Waals surface area contributed by atoms with E-state index in [0.717, 1.165) is 6.07 Å². The van der Waals surface area contributed by atoms with Crippen molar-refractivity contribution in [1.29, 1.82) is 0 Å². The predicted molar refractivity (Wildman–Crippen MR) is 141 cm³/mol. The molecule has 0 saturated carbocycles. The fourth-order valence-electron chi connectivity index (χ4n) is 2.84. The Labute approximate surface area is 219 Å². The van der Waals surface area contributed by atoms with Crippen LogP contribution in [0.5, 0.6) is 5.75 Å². The van der Waals surface area contributed by atoms with Crippen LogP contribution in [-0.2, 0) is 0 Å². The number of anilines is 3. The second-order valence-corrected chi connectivity index (χ2v) is 8.63. The first-order valence-electron chi connectivity index (χ1n) is 9.96. The molecule has 4 aromatic rings. The monoisotopic (exact) mass is 542 g/mol. The van der Waals surface area contributed by atoms with E-state index in [2.05, 4.69) is 73.6 Å². The zero-order valence-electron chi connectivity index (χ0n) is 18.0. The van der Waals surface area contributed by atoms with Crippen LogP contribution in [0.15, 0.2) is 89.7 Å². The van der Waals surface area contributed by atoms with Crippen molar-refractivity contribution in [1.82, 2.24) is 9.97 Å². The highest BCUT2D eigenvalue weighted by atomic mass is 32.1. The summed E-state index contributed by atoms with van der Waals surface area (Å²) in [5, 5.41) is 29.5. The van der Waals surface area contributed by atoms with Crippen molar-refractivity contribution in [2.75, 3.05) is 11.1 Å². The zero-order chi connectivity index (χ0) is 25.8. The summed E-state index contributed by atoms with van der Waals surface area (Å²) in [6.07, 6.45) is -1.21. The van der Waals surface area contributed by atoms with Gasteiger partial charge in [0.15, 0.2) is 0 Å². The van der Waals surface area contributed by atoms with E-state index in [0.29, 0.717) is 31.7 Å². The van der Waals surface area contributed by atoms with Crippen molar-refractivity contribution >= 4 is 77.8 Å². The van der Waals surface area contributed by atoms with Crippen molar-refractivity contribution in [2.24, 2.45) is 20.5 Å². The van der Waals surface area contributed by atoms with Gasteiger partial charge in [-0.05, 0) is 42.5 Å². The van der Waals surface area contributed by atoms with Gasteiger partial charge in [0.25, 0.3) is 0 Å². The Kier molecular flexibility index (Phi) is 7.67. The van der Waals surface area contributed by atoms with Gasteiger partial charge in [0.1, 0.15) is 34.3 Å². The molecule has 1 heterocycles. The van der Waals surface area contributed by atoms with E-state index in [9.17, 15) is 13.9 Å². The molecule has 0 fully saturated rings. The SMILES string of the molecule is Nc1cc(O)c(/N=N/c2cc(S)ccc2S)cc1/N=N/c1cc(Nc2cc(F)nc(F)n2)ccc1S. The second kappa shape index (κ2) is 10.9. The molecule has 14 heteroatoms. The molecule has 0 unspecified atom stereocenters. The number of hydrogen-bond donors (Lipinski definition) is 6. The molecule has 1 aromatic heterocycles. The number of hydrogen-bond acceptors (Lipinski definition) is 12. The van der Waals surface area contributed by atoms with Crippen molar-refractivity contribution < 1.29 is 13.9 Å². The van der Waals surface area contributed by atoms with Crippen molar-refractivity contribution in [2.45, 2.75) is 14.7 Å². The predicted octanol–water partition coefficient (Wildman–Crippen LogP) is 7.48. The van der Waals surface area contributed by atoms with E-state index in [4.69, 9.17) is 5.73 Å². The number of thiol groups is 3. The molecule has 4 N–H and O–H groups in total. The molecular formula is C22H16F2N8OS3. The quantitative estimate of drug-likeness (QED) is 0.0494. The van der Waals surface area contributed by atoms with Crippen molar-refractivity contribution in [3.05, 3.63) is 66.6 Å². The van der Waals surface area contributed by atoms with Gasteiger partial charge in [0.05, 0.1) is 5.69 Å². The Morgan fingerprint density at radius 3 is 2.11 bits per heavy atom. The van der Waals surface area contributed by atoms with Crippen molar-refractivity contribution in [3.8, 4) is 5.75 Å². The summed E-state index contributed by atoms with van der Waals surface area (Å²) in [4.78, 5) is 8.15. The van der Waals surface area contributed by atoms with Crippen LogP contribution in [0.4, 0.5) is 48.7 Å². The third kappa shape index (κ3) is 6.27. The van der Waals surface area contributed by atoms with Crippen LogP contribution in [0.1, 0.15) is 0 Å². The molecule has 0 radical (unpaired) electrons. The second-order valence-electron chi connectivity index (χ2n) is 7.15. The maximum absolute atomic E-state index is 13.3. The first kappa shape index (κ1) is 25.3. The Morgan fingerprint density at radius 2 is 1.39 bits per heavy atom. The molecular weight excluding hydrogens is 526 g/mol. The first-order chi connectivity index (χ1) is 17.2. The average Bonchev–Trinajstić information content (AvgIpc) is 2.81. The van der Waals surface area contributed by atoms with E-state index < -0.39 is 12.0 Å². The summed E-state index contributed by atoms with van der Waals surface area (Å²) in [7, 11) is 0. The fraction of sp³-hybridized carbons (Fsp3) is 0. The van der Waals surface area contributed by atoms with Gasteiger partial charge in [0.2, 0.25) is 5.95 Å². The van der Waals surface area contributed by atoms with Gasteiger partial charge in [-0.15, -0.1) is 58.3 Å². The lowest BCUT2D eigenvalue weighted by Gasteiger charge is -2.08. The van der Waals surface area contributed by atoms with Crippen LogP contribution in [-0.4, -0.2) is 15.1 Å². The number of nitrogens with two attached hydrogens (primary N) is 1. The molecule has 9 nitrogen and oxygen atoms in total. The Hall–Kier alpha value is -3.75. The standard InChI is InChI=1S/C22H16F2N8OS3/c23-20-9-21(28-22(24)27-20)26-10-1-3-18(35)15(5-10)31-29-13-8-14(17(33)7-12(13)25)30-32-16-6-11(34)2-4-19(16)36/h1-9,33-36H,25H2,(H,26,27,28)/b31-29+,32-30+. The van der Waals surface area contributed by atoms with Crippen LogP contribution in [0.25, 0.3) is 0 Å². The molecule has 0 bridgehead atoms. The normalized spacial score (nSPS) is 11.5. The third-order valence-corrected chi connectivity index (χ3v) is 5.56. The summed E-state index contributed by atoms with van der Waals surface area (Å²) in [6.45, 7) is 0. The van der Waals surface area contributed by atoms with Gasteiger partial charge in [-0.3, -0.25) is 0 Å². The molecule has 0 aliphatic heterocycles. The third-order valence-electron chi connectivity index (χ3n) is 4.53. The fourth-order valence-corrected chi connectivity index (χ4v) is 3.40. The molecule has 0 atom stereocenters.